The zero-order valence-corrected chi connectivity index (χ0v) is 37.2. The van der Waals surface area contributed by atoms with Crippen LogP contribution in [-0.4, -0.2) is 100.0 Å². The van der Waals surface area contributed by atoms with Crippen molar-refractivity contribution in [2.45, 2.75) is 74.2 Å². The molecule has 7 rings (SSSR count). The highest BCUT2D eigenvalue weighted by Gasteiger charge is 2.61. The number of fused-ring (bicyclic) bond motifs is 1. The van der Waals surface area contributed by atoms with Crippen LogP contribution < -0.4 is 19.5 Å². The molecule has 1 aromatic heterocycles. The van der Waals surface area contributed by atoms with E-state index in [1.54, 1.807) is 30.3 Å². The number of sulfonamides is 1. The molecule has 1 saturated carbocycles. The monoisotopic (exact) mass is 922 g/mol. The molecule has 4 aromatic carbocycles. The quantitative estimate of drug-likeness (QED) is 0.0601. The van der Waals surface area contributed by atoms with Crippen molar-refractivity contribution in [3.8, 4) is 22.8 Å². The third-order valence-electron chi connectivity index (χ3n) is 11.7. The Kier molecular flexibility index (Phi) is 12.9. The van der Waals surface area contributed by atoms with Crippen molar-refractivity contribution in [3.05, 3.63) is 137 Å². The average molecular weight is 923 g/mol. The summed E-state index contributed by atoms with van der Waals surface area (Å²) in [4.78, 5) is 74.5. The molecule has 0 spiro atoms. The third-order valence-corrected chi connectivity index (χ3v) is 13.0. The van der Waals surface area contributed by atoms with Gasteiger partial charge in [0.15, 0.2) is 0 Å². The standard InChI is InChI=1S/C47H47FN6O11S/c1-6-30-26-47(30,44(57)51-66(62,63)33-15-11-8-12-16-33)50-42(55)39-24-32(65-41-25-36(29-13-9-7-10-14-29)49-37-23-31(64-5)18-19-34(37)41)27-52(39)43(56)40(53(45(58)59)46(2,3)4)22-28-17-20-35(48)38(21-28)54(60)61/h6-21,23,25,30,32,39-40H,1,22,24,26-27H2,2-5H3,(H,50,55)(H,51,57)(H,58,59)/t30-,32-,39+,40+,47-/m1/s1. The first-order valence-electron chi connectivity index (χ1n) is 20.8. The highest BCUT2D eigenvalue weighted by Crippen LogP contribution is 2.45. The van der Waals surface area contributed by atoms with Crippen LogP contribution in [0.25, 0.3) is 22.2 Å². The zero-order chi connectivity index (χ0) is 47.7. The summed E-state index contributed by atoms with van der Waals surface area (Å²) < 4.78 is 55.3. The molecule has 66 heavy (non-hydrogen) atoms. The van der Waals surface area contributed by atoms with E-state index in [0.717, 1.165) is 27.5 Å². The Hall–Kier alpha value is -7.41. The maximum absolute atomic E-state index is 15.2. The smallest absolute Gasteiger partial charge is 0.408 e. The first-order chi connectivity index (χ1) is 31.3. The van der Waals surface area contributed by atoms with Gasteiger partial charge < -0.3 is 24.8 Å². The molecule has 344 valence electrons. The molecular weight excluding hydrogens is 876 g/mol. The SMILES string of the molecule is C=C[C@@H]1C[C@]1(NC(=O)[C@@H]1C[C@@H](Oc2cc(-c3ccccc3)nc3cc(OC)ccc23)CN1C(=O)[C@H](Cc1ccc(F)c([N+](=O)[O-])c1)N(C(=O)O)C(C)(C)C)C(=O)NS(=O)(=O)c1ccccc1. The van der Waals surface area contributed by atoms with E-state index in [2.05, 4.69) is 16.6 Å². The summed E-state index contributed by atoms with van der Waals surface area (Å²) >= 11 is 0. The van der Waals surface area contributed by atoms with Crippen molar-refractivity contribution in [1.29, 1.82) is 0 Å². The number of amides is 4. The summed E-state index contributed by atoms with van der Waals surface area (Å²) in [7, 11) is -2.88. The number of hydrogen-bond donors (Lipinski definition) is 3. The van der Waals surface area contributed by atoms with Crippen LogP contribution in [0.2, 0.25) is 0 Å². The lowest BCUT2D eigenvalue weighted by molar-refractivity contribution is -0.387. The molecule has 0 unspecified atom stereocenters. The second-order valence-corrected chi connectivity index (χ2v) is 18.8. The zero-order valence-electron chi connectivity index (χ0n) is 36.3. The fourth-order valence-corrected chi connectivity index (χ4v) is 9.40. The second kappa shape index (κ2) is 18.2. The van der Waals surface area contributed by atoms with Crippen LogP contribution in [0.5, 0.6) is 11.5 Å². The molecule has 5 aromatic rings. The first kappa shape index (κ1) is 46.6. The predicted octanol–water partition coefficient (Wildman–Crippen LogP) is 6.26. The highest BCUT2D eigenvalue weighted by molar-refractivity contribution is 7.90. The lowest BCUT2D eigenvalue weighted by Gasteiger charge is -2.41. The minimum absolute atomic E-state index is 0.0313. The molecule has 1 aliphatic carbocycles. The van der Waals surface area contributed by atoms with Crippen molar-refractivity contribution < 1.29 is 51.5 Å². The van der Waals surface area contributed by atoms with Crippen molar-refractivity contribution in [3.63, 3.8) is 0 Å². The maximum Gasteiger partial charge on any atom is 0.408 e. The normalized spacial score (nSPS) is 19.6. The number of rotatable bonds is 15. The first-order valence-corrected chi connectivity index (χ1v) is 22.3. The van der Waals surface area contributed by atoms with Gasteiger partial charge in [-0.15, -0.1) is 6.58 Å². The second-order valence-electron chi connectivity index (χ2n) is 17.1. The number of carbonyl (C=O) groups excluding carboxylic acids is 3. The minimum atomic E-state index is -4.40. The molecule has 19 heteroatoms. The highest BCUT2D eigenvalue weighted by atomic mass is 32.2. The van der Waals surface area contributed by atoms with E-state index in [4.69, 9.17) is 14.5 Å². The molecule has 2 heterocycles. The number of methoxy groups -OCH3 is 1. The molecule has 2 fully saturated rings. The number of ether oxygens (including phenoxy) is 2. The largest absolute Gasteiger partial charge is 0.497 e. The molecule has 17 nitrogen and oxygen atoms in total. The number of likely N-dealkylation sites (tertiary alicyclic amines) is 1. The maximum atomic E-state index is 15.2. The number of carboxylic acid groups (broad SMARTS) is 1. The van der Waals surface area contributed by atoms with E-state index in [1.165, 1.54) is 64.3 Å². The van der Waals surface area contributed by atoms with Crippen LogP contribution in [0, 0.1) is 21.8 Å². The van der Waals surface area contributed by atoms with Crippen LogP contribution in [-0.2, 0) is 30.8 Å². The summed E-state index contributed by atoms with van der Waals surface area (Å²) in [5.41, 5.74) is -2.11. The Morgan fingerprint density at radius 2 is 1.73 bits per heavy atom. The van der Waals surface area contributed by atoms with E-state index in [1.807, 2.05) is 30.3 Å². The Balaban J connectivity index is 1.29. The van der Waals surface area contributed by atoms with Gasteiger partial charge in [-0.25, -0.2) is 22.9 Å². The summed E-state index contributed by atoms with van der Waals surface area (Å²) in [5, 5.41) is 25.6. The van der Waals surface area contributed by atoms with E-state index < -0.39 is 91.9 Å². The molecule has 0 radical (unpaired) electrons. The van der Waals surface area contributed by atoms with Gasteiger partial charge in [0.25, 0.3) is 15.9 Å². The van der Waals surface area contributed by atoms with Gasteiger partial charge in [-0.1, -0.05) is 60.7 Å². The number of benzene rings is 4. The lowest BCUT2D eigenvalue weighted by atomic mass is 9.96. The van der Waals surface area contributed by atoms with Gasteiger partial charge in [0, 0.05) is 53.4 Å². The van der Waals surface area contributed by atoms with Crippen molar-refractivity contribution in [2.75, 3.05) is 13.7 Å². The fraction of sp³-hybridized carbons (Fsp3) is 0.298. The number of carbonyl (C=O) groups is 4. The Bertz CT molecular complexity index is 2840. The number of nitro groups is 1. The molecule has 2 aliphatic rings. The number of hydrogen-bond acceptors (Lipinski definition) is 11. The van der Waals surface area contributed by atoms with Crippen molar-refractivity contribution in [2.24, 2.45) is 5.92 Å². The van der Waals surface area contributed by atoms with Gasteiger partial charge in [0.05, 0.1) is 34.7 Å². The molecule has 5 atom stereocenters. The van der Waals surface area contributed by atoms with Gasteiger partial charge in [0.2, 0.25) is 17.6 Å². The van der Waals surface area contributed by atoms with Gasteiger partial charge in [0.1, 0.15) is 35.2 Å². The van der Waals surface area contributed by atoms with Crippen molar-refractivity contribution >= 4 is 50.4 Å². The molecule has 4 amide bonds. The van der Waals surface area contributed by atoms with E-state index in [9.17, 15) is 42.4 Å². The van der Waals surface area contributed by atoms with Crippen LogP contribution in [0.15, 0.2) is 121 Å². The fourth-order valence-electron chi connectivity index (χ4n) is 8.34. The summed E-state index contributed by atoms with van der Waals surface area (Å²) in [6.45, 7) is 8.08. The van der Waals surface area contributed by atoms with Crippen LogP contribution in [0.1, 0.15) is 39.2 Å². The average Bonchev–Trinajstić information content (AvgIpc) is 3.84. The van der Waals surface area contributed by atoms with Gasteiger partial charge in [-0.05, 0) is 63.1 Å². The molecule has 1 saturated heterocycles. The summed E-state index contributed by atoms with van der Waals surface area (Å²) in [6, 6.07) is 23.2. The number of nitro benzene ring substituents is 1. The predicted molar refractivity (Wildman–Crippen MR) is 239 cm³/mol. The lowest BCUT2D eigenvalue weighted by Crippen LogP contribution is -2.61. The number of nitrogens with zero attached hydrogens (tertiary/aromatic N) is 4. The number of aromatic nitrogens is 1. The summed E-state index contributed by atoms with van der Waals surface area (Å²) in [6.07, 6.45) is -1.79. The topological polar surface area (TPSA) is 228 Å². The number of nitrogens with one attached hydrogen (secondary N) is 2. The minimum Gasteiger partial charge on any atom is -0.497 e. The molecule has 1 aliphatic heterocycles. The Labute approximate surface area is 379 Å². The Morgan fingerprint density at radius 1 is 1.05 bits per heavy atom. The Morgan fingerprint density at radius 3 is 2.33 bits per heavy atom. The van der Waals surface area contributed by atoms with Crippen molar-refractivity contribution in [1.82, 2.24) is 24.8 Å². The van der Waals surface area contributed by atoms with Crippen LogP contribution in [0.3, 0.4) is 0 Å². The van der Waals surface area contributed by atoms with E-state index in [-0.39, 0.29) is 29.8 Å². The summed E-state index contributed by atoms with van der Waals surface area (Å²) in [5.74, 6) is -3.83. The molecule has 0 bridgehead atoms. The van der Waals surface area contributed by atoms with Crippen LogP contribution >= 0.6 is 0 Å². The third kappa shape index (κ3) is 9.51. The van der Waals surface area contributed by atoms with Crippen LogP contribution in [0.4, 0.5) is 14.9 Å². The molecular formula is C47H47FN6O11S. The number of pyridine rings is 1. The van der Waals surface area contributed by atoms with Gasteiger partial charge in [-0.2, -0.15) is 4.39 Å². The molecule has 3 N–H and O–H groups in total. The van der Waals surface area contributed by atoms with Gasteiger partial charge in [-0.3, -0.25) is 29.4 Å². The van der Waals surface area contributed by atoms with Gasteiger partial charge >= 0.3 is 11.8 Å². The number of halogens is 1. The van der Waals surface area contributed by atoms with E-state index >= 15 is 4.79 Å². The van der Waals surface area contributed by atoms with E-state index in [0.29, 0.717) is 28.1 Å².